The molecule has 0 saturated heterocycles. The van der Waals surface area contributed by atoms with Crippen molar-refractivity contribution in [2.24, 2.45) is 0 Å². The van der Waals surface area contributed by atoms with E-state index in [-0.39, 0.29) is 11.5 Å². The van der Waals surface area contributed by atoms with Crippen LogP contribution >= 0.6 is 0 Å². The van der Waals surface area contributed by atoms with Crippen molar-refractivity contribution in [2.45, 2.75) is 13.0 Å². The lowest BCUT2D eigenvalue weighted by atomic mass is 9.97. The zero-order valence-electron chi connectivity index (χ0n) is 20.5. The number of hydrogen-bond acceptors (Lipinski definition) is 6. The molecule has 3 aromatic carbocycles. The summed E-state index contributed by atoms with van der Waals surface area (Å²) in [7, 11) is 4.78. The second-order valence-electron chi connectivity index (χ2n) is 8.21. The zero-order chi connectivity index (χ0) is 25.7. The number of nitrogens with zero attached hydrogens (tertiary/aromatic N) is 1. The summed E-state index contributed by atoms with van der Waals surface area (Å²) in [5, 5.41) is 3.99. The van der Waals surface area contributed by atoms with E-state index in [0.29, 0.717) is 64.5 Å². The van der Waals surface area contributed by atoms with Crippen molar-refractivity contribution < 1.29 is 19.0 Å². The molecule has 0 fully saturated rings. The summed E-state index contributed by atoms with van der Waals surface area (Å²) >= 11 is 0. The van der Waals surface area contributed by atoms with Gasteiger partial charge in [-0.25, -0.2) is 0 Å². The van der Waals surface area contributed by atoms with Gasteiger partial charge in [-0.1, -0.05) is 24.3 Å². The number of carbonyl (C=O) groups excluding carboxylic acids is 1. The molecule has 4 aromatic rings. The summed E-state index contributed by atoms with van der Waals surface area (Å²) in [5.74, 6) is 1.36. The van der Waals surface area contributed by atoms with E-state index in [1.54, 1.807) is 68.4 Å². The lowest BCUT2D eigenvalue weighted by Gasteiger charge is -2.19. The fourth-order valence-electron chi connectivity index (χ4n) is 4.21. The number of hydrogen-bond donors (Lipinski definition) is 2. The maximum atomic E-state index is 13.5. The van der Waals surface area contributed by atoms with Crippen molar-refractivity contribution in [2.75, 3.05) is 39.0 Å². The van der Waals surface area contributed by atoms with Gasteiger partial charge in [0.15, 0.2) is 0 Å². The van der Waals surface area contributed by atoms with Crippen LogP contribution in [-0.4, -0.2) is 38.4 Å². The molecule has 0 saturated carbocycles. The number of anilines is 2. The number of nitrogen functional groups attached to an aromatic ring is 1. The highest BCUT2D eigenvalue weighted by Gasteiger charge is 2.19. The summed E-state index contributed by atoms with van der Waals surface area (Å²) in [5.41, 5.74) is 8.80. The van der Waals surface area contributed by atoms with E-state index < -0.39 is 0 Å². The Hall–Kier alpha value is -4.30. The first-order valence-electron chi connectivity index (χ1n) is 11.5. The Morgan fingerprint density at radius 2 is 1.69 bits per heavy atom. The molecular formula is C28H29N3O5. The zero-order valence-corrected chi connectivity index (χ0v) is 20.5. The van der Waals surface area contributed by atoms with Crippen molar-refractivity contribution in [1.29, 1.82) is 0 Å². The normalized spacial score (nSPS) is 10.9. The Balaban J connectivity index is 1.83. The molecule has 0 bridgehead atoms. The average molecular weight is 488 g/mol. The Morgan fingerprint density at radius 3 is 2.39 bits per heavy atom. The highest BCUT2D eigenvalue weighted by molar-refractivity contribution is 6.07. The van der Waals surface area contributed by atoms with Gasteiger partial charge >= 0.3 is 0 Å². The summed E-state index contributed by atoms with van der Waals surface area (Å²) < 4.78 is 17.5. The Morgan fingerprint density at radius 1 is 0.944 bits per heavy atom. The topological polar surface area (TPSA) is 105 Å². The first kappa shape index (κ1) is 24.8. The third kappa shape index (κ3) is 4.89. The summed E-state index contributed by atoms with van der Waals surface area (Å²) in [6, 6.07) is 19.6. The fourth-order valence-corrected chi connectivity index (χ4v) is 4.21. The molecule has 0 radical (unpaired) electrons. The largest absolute Gasteiger partial charge is 0.497 e. The molecule has 1 heterocycles. The predicted molar refractivity (Wildman–Crippen MR) is 142 cm³/mol. The van der Waals surface area contributed by atoms with Gasteiger partial charge in [0.05, 0.1) is 14.2 Å². The molecule has 0 aliphatic carbocycles. The Labute approximate surface area is 209 Å². The summed E-state index contributed by atoms with van der Waals surface area (Å²) in [6.07, 6.45) is 0.616. The number of carbonyl (C=O) groups is 1. The van der Waals surface area contributed by atoms with E-state index in [1.807, 2.05) is 24.3 Å². The second-order valence-corrected chi connectivity index (χ2v) is 8.21. The molecule has 0 unspecified atom stereocenters. The van der Waals surface area contributed by atoms with Crippen LogP contribution in [0.3, 0.4) is 0 Å². The minimum Gasteiger partial charge on any atom is -0.497 e. The molecule has 0 spiro atoms. The lowest BCUT2D eigenvalue weighted by Crippen LogP contribution is -2.25. The number of rotatable bonds is 9. The third-order valence-corrected chi connectivity index (χ3v) is 6.03. The van der Waals surface area contributed by atoms with Gasteiger partial charge in [0.1, 0.15) is 17.3 Å². The smallest absolute Gasteiger partial charge is 0.260 e. The molecule has 1 amide bonds. The summed E-state index contributed by atoms with van der Waals surface area (Å²) in [4.78, 5) is 26.4. The molecule has 4 rings (SSSR count). The second kappa shape index (κ2) is 11.0. The van der Waals surface area contributed by atoms with E-state index in [0.717, 1.165) is 5.56 Å². The van der Waals surface area contributed by atoms with Gasteiger partial charge < -0.3 is 25.3 Å². The van der Waals surface area contributed by atoms with Crippen LogP contribution in [0.15, 0.2) is 71.5 Å². The van der Waals surface area contributed by atoms with Crippen LogP contribution in [-0.2, 0) is 11.3 Å². The number of benzene rings is 3. The SMILES string of the molecule is COCCCn1c(N)c(-c2ccccc2OC)c2ccc(NC(=O)c3ccc(OC)cc3)cc2c1=O. The Bertz CT molecular complexity index is 1440. The Kier molecular flexibility index (Phi) is 7.56. The number of pyridine rings is 1. The highest BCUT2D eigenvalue weighted by Crippen LogP contribution is 2.38. The molecule has 0 atom stereocenters. The minimum atomic E-state index is -0.294. The van der Waals surface area contributed by atoms with Gasteiger partial charge in [-0.15, -0.1) is 0 Å². The van der Waals surface area contributed by atoms with Crippen molar-refractivity contribution in [1.82, 2.24) is 4.57 Å². The monoisotopic (exact) mass is 487 g/mol. The lowest BCUT2D eigenvalue weighted by molar-refractivity contribution is 0.102. The van der Waals surface area contributed by atoms with E-state index in [2.05, 4.69) is 5.32 Å². The van der Waals surface area contributed by atoms with Gasteiger partial charge in [0.2, 0.25) is 0 Å². The number of methoxy groups -OCH3 is 3. The van der Waals surface area contributed by atoms with Crippen molar-refractivity contribution >= 4 is 28.2 Å². The van der Waals surface area contributed by atoms with Gasteiger partial charge in [-0.05, 0) is 54.3 Å². The fraction of sp³-hybridized carbons (Fsp3) is 0.214. The van der Waals surface area contributed by atoms with Crippen LogP contribution < -0.4 is 26.1 Å². The number of nitrogens with two attached hydrogens (primary N) is 1. The number of para-hydroxylation sites is 1. The predicted octanol–water partition coefficient (Wildman–Crippen LogP) is 4.56. The number of fused-ring (bicyclic) bond motifs is 1. The van der Waals surface area contributed by atoms with Gasteiger partial charge in [-0.3, -0.25) is 14.2 Å². The van der Waals surface area contributed by atoms with Crippen molar-refractivity contribution in [3.63, 3.8) is 0 Å². The first-order valence-corrected chi connectivity index (χ1v) is 11.5. The maximum Gasteiger partial charge on any atom is 0.260 e. The number of ether oxygens (including phenoxy) is 3. The number of aromatic nitrogens is 1. The van der Waals surface area contributed by atoms with Crippen LogP contribution in [0, 0.1) is 0 Å². The minimum absolute atomic E-state index is 0.238. The molecular weight excluding hydrogens is 458 g/mol. The highest BCUT2D eigenvalue weighted by atomic mass is 16.5. The molecule has 0 aliphatic rings. The van der Waals surface area contributed by atoms with E-state index in [1.165, 1.54) is 0 Å². The van der Waals surface area contributed by atoms with Gasteiger partial charge in [-0.2, -0.15) is 0 Å². The summed E-state index contributed by atoms with van der Waals surface area (Å²) in [6.45, 7) is 0.880. The van der Waals surface area contributed by atoms with Gasteiger partial charge in [0.25, 0.3) is 11.5 Å². The van der Waals surface area contributed by atoms with Crippen LogP contribution in [0.5, 0.6) is 11.5 Å². The first-order chi connectivity index (χ1) is 17.5. The average Bonchev–Trinajstić information content (AvgIpc) is 2.91. The van der Waals surface area contributed by atoms with E-state index >= 15 is 0 Å². The van der Waals surface area contributed by atoms with Crippen LogP contribution in [0.1, 0.15) is 16.8 Å². The van der Waals surface area contributed by atoms with Crippen LogP contribution in [0.4, 0.5) is 11.5 Å². The van der Waals surface area contributed by atoms with Crippen LogP contribution in [0.25, 0.3) is 21.9 Å². The number of nitrogens with one attached hydrogen (secondary N) is 1. The molecule has 8 heteroatoms. The van der Waals surface area contributed by atoms with E-state index in [9.17, 15) is 9.59 Å². The molecule has 186 valence electrons. The van der Waals surface area contributed by atoms with Crippen molar-refractivity contribution in [3.8, 4) is 22.6 Å². The number of amides is 1. The molecule has 3 N–H and O–H groups in total. The maximum absolute atomic E-state index is 13.5. The molecule has 36 heavy (non-hydrogen) atoms. The van der Waals surface area contributed by atoms with Crippen molar-refractivity contribution in [3.05, 3.63) is 82.6 Å². The molecule has 0 aliphatic heterocycles. The molecule has 1 aromatic heterocycles. The standard InChI is InChI=1S/C28H29N3O5/c1-34-16-6-15-31-26(29)25(22-7-4-5-8-24(22)36-3)21-14-11-19(17-23(21)28(31)33)30-27(32)18-9-12-20(35-2)13-10-18/h4-5,7-14,17H,6,15-16,29H2,1-3H3,(H,30,32). The third-order valence-electron chi connectivity index (χ3n) is 6.03. The molecule has 8 nitrogen and oxygen atoms in total. The van der Waals surface area contributed by atoms with Crippen LogP contribution in [0.2, 0.25) is 0 Å². The quantitative estimate of drug-likeness (QED) is 0.336. The van der Waals surface area contributed by atoms with Gasteiger partial charge in [0, 0.05) is 48.0 Å². The van der Waals surface area contributed by atoms with E-state index in [4.69, 9.17) is 19.9 Å².